The van der Waals surface area contributed by atoms with E-state index in [4.69, 9.17) is 4.74 Å². The lowest BCUT2D eigenvalue weighted by molar-refractivity contribution is -0.138. The lowest BCUT2D eigenvalue weighted by atomic mass is 9.79. The van der Waals surface area contributed by atoms with Crippen LogP contribution >= 0.6 is 0 Å². The Bertz CT molecular complexity index is 843. The second-order valence-corrected chi connectivity index (χ2v) is 6.53. The first kappa shape index (κ1) is 19.0. The summed E-state index contributed by atoms with van der Waals surface area (Å²) in [7, 11) is 1.54. The normalized spacial score (nSPS) is 19.6. The summed E-state index contributed by atoms with van der Waals surface area (Å²) in [4.78, 5) is 12.8. The van der Waals surface area contributed by atoms with Gasteiger partial charge in [-0.15, -0.1) is 6.58 Å². The standard InChI is InChI=1S/C21H20F3NO2/c1-3-5-15-16(13-8-10-14(27-2)11-9-13)12-17-18(21(22,23)24)6-4-7-19(17)25-20(15)26/h3-4,6-11,15-16H,1,5,12H2,2H3,(H,25,26). The maximum absolute atomic E-state index is 13.5. The van der Waals surface area contributed by atoms with Gasteiger partial charge in [-0.1, -0.05) is 24.3 Å². The second kappa shape index (κ2) is 7.47. The van der Waals surface area contributed by atoms with E-state index < -0.39 is 23.6 Å². The zero-order valence-electron chi connectivity index (χ0n) is 14.8. The van der Waals surface area contributed by atoms with Crippen LogP contribution in [0.4, 0.5) is 18.9 Å². The molecule has 1 amide bonds. The van der Waals surface area contributed by atoms with E-state index in [0.717, 1.165) is 11.6 Å². The summed E-state index contributed by atoms with van der Waals surface area (Å²) in [6.07, 6.45) is -2.38. The Kier molecular flexibility index (Phi) is 5.26. The molecule has 3 nitrogen and oxygen atoms in total. The number of hydrogen-bond donors (Lipinski definition) is 1. The van der Waals surface area contributed by atoms with Crippen LogP contribution in [0, 0.1) is 5.92 Å². The average molecular weight is 375 g/mol. The maximum atomic E-state index is 13.5. The molecule has 0 spiro atoms. The van der Waals surface area contributed by atoms with Gasteiger partial charge in [0.15, 0.2) is 0 Å². The molecule has 2 unspecified atom stereocenters. The molecule has 0 radical (unpaired) electrons. The lowest BCUT2D eigenvalue weighted by Gasteiger charge is -2.24. The number of halogens is 3. The Labute approximate surface area is 155 Å². The van der Waals surface area contributed by atoms with E-state index in [2.05, 4.69) is 11.9 Å². The molecule has 2 aromatic carbocycles. The minimum atomic E-state index is -4.49. The van der Waals surface area contributed by atoms with Gasteiger partial charge in [0.25, 0.3) is 0 Å². The number of hydrogen-bond acceptors (Lipinski definition) is 2. The van der Waals surface area contributed by atoms with Gasteiger partial charge in [0.1, 0.15) is 5.75 Å². The van der Waals surface area contributed by atoms with Gasteiger partial charge in [0.05, 0.1) is 12.7 Å². The maximum Gasteiger partial charge on any atom is 0.416 e. The highest BCUT2D eigenvalue weighted by Crippen LogP contribution is 2.42. The fourth-order valence-electron chi connectivity index (χ4n) is 3.61. The van der Waals surface area contributed by atoms with E-state index >= 15 is 0 Å². The van der Waals surface area contributed by atoms with Crippen LogP contribution in [0.25, 0.3) is 0 Å². The molecule has 0 bridgehead atoms. The van der Waals surface area contributed by atoms with E-state index in [1.807, 2.05) is 0 Å². The first-order chi connectivity index (χ1) is 12.8. The van der Waals surface area contributed by atoms with E-state index in [0.29, 0.717) is 12.2 Å². The van der Waals surface area contributed by atoms with Gasteiger partial charge in [-0.2, -0.15) is 13.2 Å². The van der Waals surface area contributed by atoms with E-state index in [9.17, 15) is 18.0 Å². The third-order valence-corrected chi connectivity index (χ3v) is 4.95. The molecule has 0 aliphatic carbocycles. The third-order valence-electron chi connectivity index (χ3n) is 4.95. The largest absolute Gasteiger partial charge is 0.497 e. The lowest BCUT2D eigenvalue weighted by Crippen LogP contribution is -2.26. The van der Waals surface area contributed by atoms with Crippen molar-refractivity contribution in [2.45, 2.75) is 24.9 Å². The van der Waals surface area contributed by atoms with Crippen molar-refractivity contribution in [2.75, 3.05) is 12.4 Å². The molecular weight excluding hydrogens is 355 g/mol. The van der Waals surface area contributed by atoms with Gasteiger partial charge in [0.2, 0.25) is 5.91 Å². The molecule has 3 rings (SSSR count). The average Bonchev–Trinajstić information content (AvgIpc) is 2.78. The number of fused-ring (bicyclic) bond motifs is 1. The quantitative estimate of drug-likeness (QED) is 0.748. The molecule has 6 heteroatoms. The van der Waals surface area contributed by atoms with Gasteiger partial charge >= 0.3 is 6.18 Å². The van der Waals surface area contributed by atoms with E-state index in [1.54, 1.807) is 37.5 Å². The Morgan fingerprint density at radius 2 is 1.93 bits per heavy atom. The van der Waals surface area contributed by atoms with Gasteiger partial charge in [0, 0.05) is 11.6 Å². The molecule has 0 saturated carbocycles. The predicted octanol–water partition coefficient (Wildman–Crippen LogP) is 5.18. The van der Waals surface area contributed by atoms with Crippen LogP contribution in [0.2, 0.25) is 0 Å². The molecule has 2 aromatic rings. The molecular formula is C21H20F3NO2. The molecule has 1 aliphatic rings. The Hall–Kier alpha value is -2.76. The van der Waals surface area contributed by atoms with Crippen LogP contribution in [0.1, 0.15) is 29.0 Å². The number of alkyl halides is 3. The van der Waals surface area contributed by atoms with Gasteiger partial charge in [-0.25, -0.2) is 0 Å². The molecule has 2 atom stereocenters. The number of amides is 1. The van der Waals surface area contributed by atoms with Crippen molar-refractivity contribution in [1.82, 2.24) is 0 Å². The second-order valence-electron chi connectivity index (χ2n) is 6.53. The van der Waals surface area contributed by atoms with Crippen LogP contribution in [0.3, 0.4) is 0 Å². The third kappa shape index (κ3) is 3.84. The number of nitrogens with one attached hydrogen (secondary N) is 1. The Morgan fingerprint density at radius 3 is 2.52 bits per heavy atom. The van der Waals surface area contributed by atoms with Crippen molar-refractivity contribution < 1.29 is 22.7 Å². The van der Waals surface area contributed by atoms with Crippen molar-refractivity contribution in [3.63, 3.8) is 0 Å². The number of methoxy groups -OCH3 is 1. The summed E-state index contributed by atoms with van der Waals surface area (Å²) in [6, 6.07) is 11.0. The predicted molar refractivity (Wildman–Crippen MR) is 97.8 cm³/mol. The minimum absolute atomic E-state index is 0.106. The molecule has 142 valence electrons. The summed E-state index contributed by atoms with van der Waals surface area (Å²) >= 11 is 0. The van der Waals surface area contributed by atoms with Crippen molar-refractivity contribution in [3.8, 4) is 5.75 Å². The smallest absolute Gasteiger partial charge is 0.416 e. The summed E-state index contributed by atoms with van der Waals surface area (Å²) < 4.78 is 45.8. The molecule has 0 aromatic heterocycles. The van der Waals surface area contributed by atoms with E-state index in [1.165, 1.54) is 12.1 Å². The summed E-state index contributed by atoms with van der Waals surface area (Å²) in [5.74, 6) is -0.565. The van der Waals surface area contributed by atoms with Crippen LogP contribution in [0.5, 0.6) is 5.75 Å². The number of carbonyl (C=O) groups is 1. The Balaban J connectivity index is 2.12. The number of ether oxygens (including phenoxy) is 1. The van der Waals surface area contributed by atoms with Crippen LogP contribution in [-0.2, 0) is 17.4 Å². The number of benzene rings is 2. The number of carbonyl (C=O) groups excluding carboxylic acids is 1. The number of anilines is 1. The zero-order valence-corrected chi connectivity index (χ0v) is 14.8. The molecule has 27 heavy (non-hydrogen) atoms. The first-order valence-corrected chi connectivity index (χ1v) is 8.60. The fraction of sp³-hybridized carbons (Fsp3) is 0.286. The summed E-state index contributed by atoms with van der Waals surface area (Å²) in [5.41, 5.74) is 0.423. The van der Waals surface area contributed by atoms with Crippen molar-refractivity contribution >= 4 is 11.6 Å². The molecule has 0 saturated heterocycles. The fourth-order valence-corrected chi connectivity index (χ4v) is 3.61. The van der Waals surface area contributed by atoms with Gasteiger partial charge in [-0.3, -0.25) is 4.79 Å². The molecule has 0 fully saturated rings. The van der Waals surface area contributed by atoms with E-state index in [-0.39, 0.29) is 23.6 Å². The SMILES string of the molecule is C=CCC1C(=O)Nc2cccc(C(F)(F)F)c2CC1c1ccc(OC)cc1. The summed E-state index contributed by atoms with van der Waals surface area (Å²) in [6.45, 7) is 3.70. The zero-order chi connectivity index (χ0) is 19.6. The van der Waals surface area contributed by atoms with Crippen LogP contribution in [0.15, 0.2) is 55.1 Å². The highest BCUT2D eigenvalue weighted by molar-refractivity contribution is 5.95. The van der Waals surface area contributed by atoms with Crippen LogP contribution < -0.4 is 10.1 Å². The summed E-state index contributed by atoms with van der Waals surface area (Å²) in [5, 5.41) is 2.68. The Morgan fingerprint density at radius 1 is 1.22 bits per heavy atom. The van der Waals surface area contributed by atoms with Crippen molar-refractivity contribution in [1.29, 1.82) is 0 Å². The monoisotopic (exact) mass is 375 g/mol. The minimum Gasteiger partial charge on any atom is -0.497 e. The molecule has 1 N–H and O–H groups in total. The molecule has 1 aliphatic heterocycles. The van der Waals surface area contributed by atoms with Crippen LogP contribution in [-0.4, -0.2) is 13.0 Å². The number of rotatable bonds is 4. The van der Waals surface area contributed by atoms with Gasteiger partial charge in [-0.05, 0) is 54.2 Å². The first-order valence-electron chi connectivity index (χ1n) is 8.60. The van der Waals surface area contributed by atoms with Gasteiger partial charge < -0.3 is 10.1 Å². The number of allylic oxidation sites excluding steroid dienone is 1. The molecule has 1 heterocycles. The topological polar surface area (TPSA) is 38.3 Å². The van der Waals surface area contributed by atoms with Crippen molar-refractivity contribution in [2.24, 2.45) is 5.92 Å². The highest BCUT2D eigenvalue weighted by atomic mass is 19.4. The highest BCUT2D eigenvalue weighted by Gasteiger charge is 2.39. The van der Waals surface area contributed by atoms with Crippen molar-refractivity contribution in [3.05, 3.63) is 71.8 Å².